The zero-order chi connectivity index (χ0) is 15.4. The SMILES string of the molecule is COc1cccc(OC)c1C(N)Cc1c(C)cccc1C. The standard InChI is InChI=1S/C18H23NO2/c1-12-7-5-8-13(2)14(12)11-15(19)18-16(20-3)9-6-10-17(18)21-4/h5-10,15H,11,19H2,1-4H3. The topological polar surface area (TPSA) is 44.5 Å². The van der Waals surface area contributed by atoms with Crippen molar-refractivity contribution in [2.45, 2.75) is 26.3 Å². The Kier molecular flexibility index (Phi) is 4.86. The van der Waals surface area contributed by atoms with Gasteiger partial charge in [0, 0.05) is 6.04 Å². The van der Waals surface area contributed by atoms with Gasteiger partial charge in [0.2, 0.25) is 0 Å². The van der Waals surface area contributed by atoms with E-state index < -0.39 is 0 Å². The molecule has 1 atom stereocenters. The average Bonchev–Trinajstić information content (AvgIpc) is 2.49. The molecule has 0 aliphatic rings. The van der Waals surface area contributed by atoms with Crippen molar-refractivity contribution in [3.05, 3.63) is 58.7 Å². The third-order valence-corrected chi connectivity index (χ3v) is 3.91. The molecule has 2 aromatic carbocycles. The lowest BCUT2D eigenvalue weighted by Gasteiger charge is -2.20. The Morgan fingerprint density at radius 1 is 0.905 bits per heavy atom. The van der Waals surface area contributed by atoms with Gasteiger partial charge in [-0.15, -0.1) is 0 Å². The lowest BCUT2D eigenvalue weighted by atomic mass is 9.92. The zero-order valence-corrected chi connectivity index (χ0v) is 13.1. The van der Waals surface area contributed by atoms with Crippen LogP contribution in [0.15, 0.2) is 36.4 Å². The van der Waals surface area contributed by atoms with E-state index in [2.05, 4.69) is 32.0 Å². The molecular formula is C18H23NO2. The summed E-state index contributed by atoms with van der Waals surface area (Å²) in [6.45, 7) is 4.24. The number of aryl methyl sites for hydroxylation is 2. The molecule has 0 aliphatic heterocycles. The van der Waals surface area contributed by atoms with Crippen molar-refractivity contribution < 1.29 is 9.47 Å². The normalized spacial score (nSPS) is 12.0. The third kappa shape index (κ3) is 3.19. The highest BCUT2D eigenvalue weighted by molar-refractivity contribution is 5.48. The van der Waals surface area contributed by atoms with E-state index in [0.29, 0.717) is 0 Å². The minimum Gasteiger partial charge on any atom is -0.496 e. The number of hydrogen-bond acceptors (Lipinski definition) is 3. The molecule has 0 aromatic heterocycles. The molecular weight excluding hydrogens is 262 g/mol. The van der Waals surface area contributed by atoms with Gasteiger partial charge in [0.25, 0.3) is 0 Å². The van der Waals surface area contributed by atoms with Crippen LogP contribution in [0.3, 0.4) is 0 Å². The maximum absolute atomic E-state index is 6.46. The molecule has 0 aliphatic carbocycles. The summed E-state index contributed by atoms with van der Waals surface area (Å²) in [6, 6.07) is 11.9. The van der Waals surface area contributed by atoms with E-state index in [0.717, 1.165) is 23.5 Å². The molecule has 0 heterocycles. The summed E-state index contributed by atoms with van der Waals surface area (Å²) in [5, 5.41) is 0. The maximum atomic E-state index is 6.46. The van der Waals surface area contributed by atoms with Crippen LogP contribution < -0.4 is 15.2 Å². The second-order valence-electron chi connectivity index (χ2n) is 5.26. The first-order valence-corrected chi connectivity index (χ1v) is 7.10. The average molecular weight is 285 g/mol. The predicted octanol–water partition coefficient (Wildman–Crippen LogP) is 3.56. The summed E-state index contributed by atoms with van der Waals surface area (Å²) < 4.78 is 10.9. The van der Waals surface area contributed by atoms with Gasteiger partial charge in [-0.05, 0) is 49.1 Å². The number of nitrogens with two attached hydrogens (primary N) is 1. The van der Waals surface area contributed by atoms with Gasteiger partial charge in [-0.1, -0.05) is 24.3 Å². The quantitative estimate of drug-likeness (QED) is 0.913. The van der Waals surface area contributed by atoms with E-state index in [4.69, 9.17) is 15.2 Å². The Morgan fingerprint density at radius 2 is 1.38 bits per heavy atom. The molecule has 1 unspecified atom stereocenters. The van der Waals surface area contributed by atoms with E-state index in [1.807, 2.05) is 18.2 Å². The molecule has 3 heteroatoms. The fourth-order valence-corrected chi connectivity index (χ4v) is 2.74. The smallest absolute Gasteiger partial charge is 0.127 e. The molecule has 21 heavy (non-hydrogen) atoms. The van der Waals surface area contributed by atoms with Crippen molar-refractivity contribution in [1.82, 2.24) is 0 Å². The van der Waals surface area contributed by atoms with E-state index in [1.165, 1.54) is 16.7 Å². The Bertz CT molecular complexity index is 580. The van der Waals surface area contributed by atoms with Crippen LogP contribution in [0, 0.1) is 13.8 Å². The fraction of sp³-hybridized carbons (Fsp3) is 0.333. The first-order valence-electron chi connectivity index (χ1n) is 7.10. The first-order chi connectivity index (χ1) is 10.1. The molecule has 2 aromatic rings. The van der Waals surface area contributed by atoms with E-state index >= 15 is 0 Å². The largest absolute Gasteiger partial charge is 0.496 e. The highest BCUT2D eigenvalue weighted by Gasteiger charge is 2.19. The fourth-order valence-electron chi connectivity index (χ4n) is 2.74. The van der Waals surface area contributed by atoms with E-state index in [-0.39, 0.29) is 6.04 Å². The maximum Gasteiger partial charge on any atom is 0.127 e. The Hall–Kier alpha value is -2.00. The van der Waals surface area contributed by atoms with Gasteiger partial charge in [-0.25, -0.2) is 0 Å². The van der Waals surface area contributed by atoms with E-state index in [1.54, 1.807) is 14.2 Å². The molecule has 0 saturated heterocycles. The van der Waals surface area contributed by atoms with Crippen LogP contribution in [0.5, 0.6) is 11.5 Å². The van der Waals surface area contributed by atoms with Crippen molar-refractivity contribution >= 4 is 0 Å². The molecule has 0 spiro atoms. The molecule has 112 valence electrons. The molecule has 3 nitrogen and oxygen atoms in total. The number of rotatable bonds is 5. The highest BCUT2D eigenvalue weighted by Crippen LogP contribution is 2.35. The monoisotopic (exact) mass is 285 g/mol. The van der Waals surface area contributed by atoms with Crippen molar-refractivity contribution in [3.8, 4) is 11.5 Å². The van der Waals surface area contributed by atoms with Gasteiger partial charge in [0.1, 0.15) is 11.5 Å². The Balaban J connectivity index is 2.39. The number of methoxy groups -OCH3 is 2. The first kappa shape index (κ1) is 15.4. The number of benzene rings is 2. The molecule has 2 rings (SSSR count). The highest BCUT2D eigenvalue weighted by atomic mass is 16.5. The predicted molar refractivity (Wildman–Crippen MR) is 86.1 cm³/mol. The summed E-state index contributed by atoms with van der Waals surface area (Å²) in [6.07, 6.45) is 0.759. The lowest BCUT2D eigenvalue weighted by Crippen LogP contribution is -2.17. The summed E-state index contributed by atoms with van der Waals surface area (Å²) >= 11 is 0. The van der Waals surface area contributed by atoms with Gasteiger partial charge in [0.15, 0.2) is 0 Å². The van der Waals surface area contributed by atoms with Gasteiger partial charge in [0.05, 0.1) is 19.8 Å². The van der Waals surface area contributed by atoms with Crippen LogP contribution >= 0.6 is 0 Å². The zero-order valence-electron chi connectivity index (χ0n) is 13.1. The van der Waals surface area contributed by atoms with Gasteiger partial charge in [-0.3, -0.25) is 0 Å². The van der Waals surface area contributed by atoms with Crippen LogP contribution in [0.25, 0.3) is 0 Å². The third-order valence-electron chi connectivity index (χ3n) is 3.91. The molecule has 0 radical (unpaired) electrons. The van der Waals surface area contributed by atoms with Gasteiger partial charge < -0.3 is 15.2 Å². The van der Waals surface area contributed by atoms with Crippen LogP contribution in [-0.2, 0) is 6.42 Å². The molecule has 0 bridgehead atoms. The van der Waals surface area contributed by atoms with Crippen molar-refractivity contribution in [1.29, 1.82) is 0 Å². The summed E-state index contributed by atoms with van der Waals surface area (Å²) in [5.41, 5.74) is 11.2. The van der Waals surface area contributed by atoms with Crippen LogP contribution in [-0.4, -0.2) is 14.2 Å². The summed E-state index contributed by atoms with van der Waals surface area (Å²) in [7, 11) is 3.31. The van der Waals surface area contributed by atoms with Crippen molar-refractivity contribution in [3.63, 3.8) is 0 Å². The van der Waals surface area contributed by atoms with Crippen LogP contribution in [0.1, 0.15) is 28.3 Å². The lowest BCUT2D eigenvalue weighted by molar-refractivity contribution is 0.378. The van der Waals surface area contributed by atoms with Crippen molar-refractivity contribution in [2.24, 2.45) is 5.73 Å². The van der Waals surface area contributed by atoms with E-state index in [9.17, 15) is 0 Å². The Labute approximate surface area is 126 Å². The summed E-state index contributed by atoms with van der Waals surface area (Å²) in [4.78, 5) is 0. The number of ether oxygens (including phenoxy) is 2. The molecule has 0 saturated carbocycles. The van der Waals surface area contributed by atoms with Crippen molar-refractivity contribution in [2.75, 3.05) is 14.2 Å². The molecule has 2 N–H and O–H groups in total. The minimum absolute atomic E-state index is 0.170. The minimum atomic E-state index is -0.170. The van der Waals surface area contributed by atoms with Gasteiger partial charge >= 0.3 is 0 Å². The van der Waals surface area contributed by atoms with Crippen LogP contribution in [0.2, 0.25) is 0 Å². The molecule has 0 fully saturated rings. The van der Waals surface area contributed by atoms with Crippen LogP contribution in [0.4, 0.5) is 0 Å². The van der Waals surface area contributed by atoms with Gasteiger partial charge in [-0.2, -0.15) is 0 Å². The number of hydrogen-bond donors (Lipinski definition) is 1. The molecule has 0 amide bonds. The summed E-state index contributed by atoms with van der Waals surface area (Å²) in [5.74, 6) is 1.54. The second-order valence-corrected chi connectivity index (χ2v) is 5.26. The second kappa shape index (κ2) is 6.64. The Morgan fingerprint density at radius 3 is 1.86 bits per heavy atom.